The maximum atomic E-state index is 13.7. The Labute approximate surface area is 157 Å². The first-order chi connectivity index (χ1) is 12.8. The molecule has 8 heteroatoms. The van der Waals surface area contributed by atoms with E-state index in [1.807, 2.05) is 13.0 Å². The van der Waals surface area contributed by atoms with Crippen LogP contribution in [0.15, 0.2) is 47.4 Å². The van der Waals surface area contributed by atoms with Crippen LogP contribution in [0.3, 0.4) is 0 Å². The standard InChI is InChI=1S/C19H20F2N2O3S/c1-13-3-2-4-16(11-13)27(25,26)23-9-7-14(8-10-23)19(24)22-18-6-5-15(20)12-17(18)21/h2-6,11-12,14H,7-10H2,1H3,(H,22,24). The molecule has 3 rings (SSSR count). The summed E-state index contributed by atoms with van der Waals surface area (Å²) in [5.41, 5.74) is 0.767. The van der Waals surface area contributed by atoms with Gasteiger partial charge < -0.3 is 5.32 Å². The molecule has 1 heterocycles. The van der Waals surface area contributed by atoms with E-state index in [1.165, 1.54) is 10.4 Å². The summed E-state index contributed by atoms with van der Waals surface area (Å²) in [5.74, 6) is -2.39. The number of rotatable bonds is 4. The molecule has 144 valence electrons. The van der Waals surface area contributed by atoms with Gasteiger partial charge in [-0.1, -0.05) is 12.1 Å². The smallest absolute Gasteiger partial charge is 0.243 e. The van der Waals surface area contributed by atoms with Gasteiger partial charge in [0.2, 0.25) is 15.9 Å². The maximum Gasteiger partial charge on any atom is 0.243 e. The molecule has 0 bridgehead atoms. The van der Waals surface area contributed by atoms with Crippen molar-refractivity contribution in [2.75, 3.05) is 18.4 Å². The maximum absolute atomic E-state index is 13.7. The fourth-order valence-electron chi connectivity index (χ4n) is 3.11. The number of hydrogen-bond acceptors (Lipinski definition) is 3. The Morgan fingerprint density at radius 2 is 1.81 bits per heavy atom. The molecular formula is C19H20F2N2O3S. The summed E-state index contributed by atoms with van der Waals surface area (Å²) in [4.78, 5) is 12.6. The molecule has 1 N–H and O–H groups in total. The lowest BCUT2D eigenvalue weighted by Crippen LogP contribution is -2.41. The molecule has 1 aliphatic heterocycles. The molecule has 0 aromatic heterocycles. The van der Waals surface area contributed by atoms with Crippen molar-refractivity contribution in [3.8, 4) is 0 Å². The number of nitrogens with one attached hydrogen (secondary N) is 1. The number of sulfonamides is 1. The lowest BCUT2D eigenvalue weighted by molar-refractivity contribution is -0.120. The minimum atomic E-state index is -3.60. The van der Waals surface area contributed by atoms with Gasteiger partial charge in [-0.2, -0.15) is 4.31 Å². The first-order valence-electron chi connectivity index (χ1n) is 8.60. The van der Waals surface area contributed by atoms with Gasteiger partial charge in [0.25, 0.3) is 0 Å². The van der Waals surface area contributed by atoms with Gasteiger partial charge in [-0.15, -0.1) is 0 Å². The first-order valence-corrected chi connectivity index (χ1v) is 10.0. The summed E-state index contributed by atoms with van der Waals surface area (Å²) in [6.45, 7) is 2.24. The van der Waals surface area contributed by atoms with Crippen LogP contribution in [0.5, 0.6) is 0 Å². The van der Waals surface area contributed by atoms with E-state index in [1.54, 1.807) is 18.2 Å². The Balaban J connectivity index is 1.63. The Hall–Kier alpha value is -2.32. The molecule has 2 aromatic rings. The van der Waals surface area contributed by atoms with Gasteiger partial charge in [0.15, 0.2) is 0 Å². The van der Waals surface area contributed by atoms with Gasteiger partial charge in [0.1, 0.15) is 11.6 Å². The highest BCUT2D eigenvalue weighted by Gasteiger charge is 2.32. The van der Waals surface area contributed by atoms with Crippen molar-refractivity contribution in [3.63, 3.8) is 0 Å². The number of amides is 1. The van der Waals surface area contributed by atoms with Crippen LogP contribution in [-0.2, 0) is 14.8 Å². The normalized spacial score (nSPS) is 16.3. The second-order valence-corrected chi connectivity index (χ2v) is 8.55. The minimum Gasteiger partial charge on any atom is -0.323 e. The monoisotopic (exact) mass is 394 g/mol. The summed E-state index contributed by atoms with van der Waals surface area (Å²) < 4.78 is 53.4. The second kappa shape index (κ2) is 7.74. The Morgan fingerprint density at radius 3 is 2.44 bits per heavy atom. The topological polar surface area (TPSA) is 66.5 Å². The molecule has 0 aliphatic carbocycles. The Morgan fingerprint density at radius 1 is 1.11 bits per heavy atom. The third-order valence-corrected chi connectivity index (χ3v) is 6.54. The molecular weight excluding hydrogens is 374 g/mol. The van der Waals surface area contributed by atoms with Gasteiger partial charge in [-0.3, -0.25) is 4.79 Å². The van der Waals surface area contributed by atoms with Crippen LogP contribution in [0.25, 0.3) is 0 Å². The molecule has 2 aromatic carbocycles. The molecule has 1 aliphatic rings. The van der Waals surface area contributed by atoms with Crippen molar-refractivity contribution < 1.29 is 22.0 Å². The van der Waals surface area contributed by atoms with Crippen molar-refractivity contribution in [2.45, 2.75) is 24.7 Å². The SMILES string of the molecule is Cc1cccc(S(=O)(=O)N2CCC(C(=O)Nc3ccc(F)cc3F)CC2)c1. The zero-order valence-corrected chi connectivity index (χ0v) is 15.6. The molecule has 0 atom stereocenters. The van der Waals surface area contributed by atoms with Crippen LogP contribution in [0.2, 0.25) is 0 Å². The third-order valence-electron chi connectivity index (χ3n) is 4.64. The van der Waals surface area contributed by atoms with Crippen molar-refractivity contribution in [1.82, 2.24) is 4.31 Å². The molecule has 27 heavy (non-hydrogen) atoms. The van der Waals surface area contributed by atoms with Crippen LogP contribution in [0, 0.1) is 24.5 Å². The van der Waals surface area contributed by atoms with Crippen LogP contribution in [-0.4, -0.2) is 31.7 Å². The van der Waals surface area contributed by atoms with Crippen molar-refractivity contribution in [3.05, 3.63) is 59.7 Å². The number of carbonyl (C=O) groups is 1. The van der Waals surface area contributed by atoms with Crippen LogP contribution in [0.4, 0.5) is 14.5 Å². The lowest BCUT2D eigenvalue weighted by Gasteiger charge is -2.30. The average molecular weight is 394 g/mol. The Bertz CT molecular complexity index is 955. The number of carbonyl (C=O) groups excluding carboxylic acids is 1. The highest BCUT2D eigenvalue weighted by molar-refractivity contribution is 7.89. The summed E-state index contributed by atoms with van der Waals surface area (Å²) in [7, 11) is -3.60. The van der Waals surface area contributed by atoms with Crippen molar-refractivity contribution in [1.29, 1.82) is 0 Å². The summed E-state index contributed by atoms with van der Waals surface area (Å²) >= 11 is 0. The van der Waals surface area contributed by atoms with E-state index in [4.69, 9.17) is 0 Å². The van der Waals surface area contributed by atoms with E-state index < -0.39 is 33.5 Å². The molecule has 1 amide bonds. The third kappa shape index (κ3) is 4.33. The zero-order chi connectivity index (χ0) is 19.6. The van der Waals surface area contributed by atoms with E-state index >= 15 is 0 Å². The van der Waals surface area contributed by atoms with E-state index in [-0.39, 0.29) is 23.7 Å². The molecule has 0 radical (unpaired) electrons. The van der Waals surface area contributed by atoms with E-state index in [9.17, 15) is 22.0 Å². The first kappa shape index (κ1) is 19.4. The summed E-state index contributed by atoms with van der Waals surface area (Å²) in [6, 6.07) is 9.62. The number of benzene rings is 2. The predicted molar refractivity (Wildman–Crippen MR) is 97.6 cm³/mol. The molecule has 1 fully saturated rings. The summed E-state index contributed by atoms with van der Waals surface area (Å²) in [5, 5.41) is 2.45. The molecule has 0 unspecified atom stereocenters. The number of hydrogen-bond donors (Lipinski definition) is 1. The zero-order valence-electron chi connectivity index (χ0n) is 14.8. The Kier molecular flexibility index (Phi) is 5.57. The lowest BCUT2D eigenvalue weighted by atomic mass is 9.97. The van der Waals surface area contributed by atoms with Gasteiger partial charge in [0, 0.05) is 25.1 Å². The summed E-state index contributed by atoms with van der Waals surface area (Å²) in [6.07, 6.45) is 0.666. The van der Waals surface area contributed by atoms with E-state index in [2.05, 4.69) is 5.32 Å². The largest absolute Gasteiger partial charge is 0.323 e. The van der Waals surface area contributed by atoms with Gasteiger partial charge in [0.05, 0.1) is 10.6 Å². The number of nitrogens with zero attached hydrogens (tertiary/aromatic N) is 1. The van der Waals surface area contributed by atoms with Crippen LogP contribution in [0.1, 0.15) is 18.4 Å². The van der Waals surface area contributed by atoms with E-state index in [0.29, 0.717) is 18.9 Å². The number of anilines is 1. The average Bonchev–Trinajstić information content (AvgIpc) is 2.64. The van der Waals surface area contributed by atoms with Crippen molar-refractivity contribution >= 4 is 21.6 Å². The number of halogens is 2. The van der Waals surface area contributed by atoms with Gasteiger partial charge in [-0.25, -0.2) is 17.2 Å². The fraction of sp³-hybridized carbons (Fsp3) is 0.316. The predicted octanol–water partition coefficient (Wildman–Crippen LogP) is 3.31. The van der Waals surface area contributed by atoms with Gasteiger partial charge >= 0.3 is 0 Å². The molecule has 5 nitrogen and oxygen atoms in total. The van der Waals surface area contributed by atoms with Crippen LogP contribution < -0.4 is 5.32 Å². The van der Waals surface area contributed by atoms with Gasteiger partial charge in [-0.05, 0) is 49.6 Å². The highest BCUT2D eigenvalue weighted by Crippen LogP contribution is 2.26. The number of piperidine rings is 1. The van der Waals surface area contributed by atoms with Crippen LogP contribution >= 0.6 is 0 Å². The highest BCUT2D eigenvalue weighted by atomic mass is 32.2. The number of aryl methyl sites for hydroxylation is 1. The quantitative estimate of drug-likeness (QED) is 0.865. The fourth-order valence-corrected chi connectivity index (χ4v) is 4.68. The second-order valence-electron chi connectivity index (χ2n) is 6.61. The van der Waals surface area contributed by atoms with E-state index in [0.717, 1.165) is 11.6 Å². The molecule has 0 saturated carbocycles. The molecule has 0 spiro atoms. The van der Waals surface area contributed by atoms with Crippen molar-refractivity contribution in [2.24, 2.45) is 5.92 Å². The minimum absolute atomic E-state index is 0.0868. The molecule has 1 saturated heterocycles.